The molecule has 0 radical (unpaired) electrons. The van der Waals surface area contributed by atoms with E-state index in [-0.39, 0.29) is 0 Å². The van der Waals surface area contributed by atoms with Gasteiger partial charge in [-0.3, -0.25) is 4.90 Å². The number of hydrogen-bond donors (Lipinski definition) is 0. The second-order valence-corrected chi connectivity index (χ2v) is 6.33. The zero-order valence-corrected chi connectivity index (χ0v) is 12.9. The van der Waals surface area contributed by atoms with Crippen LogP contribution in [-0.2, 0) is 19.5 Å². The van der Waals surface area contributed by atoms with Crippen LogP contribution < -0.4 is 4.90 Å². The summed E-state index contributed by atoms with van der Waals surface area (Å²) in [7, 11) is 4.01. The minimum absolute atomic E-state index is 0.674. The van der Waals surface area contributed by atoms with E-state index in [0.717, 1.165) is 43.3 Å². The van der Waals surface area contributed by atoms with Crippen LogP contribution in [0.15, 0.2) is 6.33 Å². The third-order valence-corrected chi connectivity index (χ3v) is 4.35. The van der Waals surface area contributed by atoms with Crippen molar-refractivity contribution in [3.8, 4) is 0 Å². The van der Waals surface area contributed by atoms with Crippen LogP contribution in [0.4, 0.5) is 5.82 Å². The molecule has 0 saturated carbocycles. The van der Waals surface area contributed by atoms with Crippen molar-refractivity contribution in [2.75, 3.05) is 25.5 Å². The molecule has 1 aliphatic heterocycles. The van der Waals surface area contributed by atoms with Gasteiger partial charge in [0.25, 0.3) is 0 Å². The fourth-order valence-electron chi connectivity index (χ4n) is 2.41. The molecule has 6 nitrogen and oxygen atoms in total. The maximum atomic E-state index is 6.07. The summed E-state index contributed by atoms with van der Waals surface area (Å²) in [6.07, 6.45) is 2.57. The summed E-state index contributed by atoms with van der Waals surface area (Å²) in [4.78, 5) is 13.1. The number of aromatic nitrogens is 4. The quantitative estimate of drug-likeness (QED) is 0.858. The standard InChI is InChI=1S/C12H15ClN6S/c1-18(2)12-8-5-19(4-3-9(8)14-7-15-12)6-10-11(13)20-17-16-10/h7H,3-6H2,1-2H3. The molecule has 0 atom stereocenters. The second kappa shape index (κ2) is 5.59. The number of anilines is 1. The van der Waals surface area contributed by atoms with Crippen molar-refractivity contribution in [1.29, 1.82) is 0 Å². The molecule has 2 aromatic rings. The van der Waals surface area contributed by atoms with E-state index in [0.29, 0.717) is 4.34 Å². The largest absolute Gasteiger partial charge is 0.362 e. The average Bonchev–Trinajstić information content (AvgIpc) is 2.83. The maximum Gasteiger partial charge on any atom is 0.138 e. The Hall–Kier alpha value is -1.31. The summed E-state index contributed by atoms with van der Waals surface area (Å²) in [6.45, 7) is 2.48. The van der Waals surface area contributed by atoms with Crippen molar-refractivity contribution in [3.05, 3.63) is 27.6 Å². The predicted molar refractivity (Wildman–Crippen MR) is 79.1 cm³/mol. The van der Waals surface area contributed by atoms with Crippen molar-refractivity contribution in [2.24, 2.45) is 0 Å². The molecule has 0 saturated heterocycles. The Morgan fingerprint density at radius 3 is 2.95 bits per heavy atom. The van der Waals surface area contributed by atoms with Gasteiger partial charge in [0, 0.05) is 57.2 Å². The Labute approximate surface area is 126 Å². The number of rotatable bonds is 3. The van der Waals surface area contributed by atoms with Gasteiger partial charge in [-0.25, -0.2) is 9.97 Å². The summed E-state index contributed by atoms with van der Waals surface area (Å²) in [5.74, 6) is 0.988. The van der Waals surface area contributed by atoms with Crippen LogP contribution in [0.25, 0.3) is 0 Å². The van der Waals surface area contributed by atoms with Gasteiger partial charge in [0.1, 0.15) is 22.2 Å². The third-order valence-electron chi connectivity index (χ3n) is 3.36. The predicted octanol–water partition coefficient (Wildman–Crippen LogP) is 1.61. The normalized spacial score (nSPS) is 15.2. The summed E-state index contributed by atoms with van der Waals surface area (Å²) >= 11 is 7.31. The number of halogens is 1. The Morgan fingerprint density at radius 2 is 2.25 bits per heavy atom. The van der Waals surface area contributed by atoms with Gasteiger partial charge in [0.05, 0.1) is 5.69 Å². The highest BCUT2D eigenvalue weighted by Gasteiger charge is 2.23. The molecule has 8 heteroatoms. The van der Waals surface area contributed by atoms with E-state index in [1.807, 2.05) is 19.0 Å². The molecular formula is C12H15ClN6S. The van der Waals surface area contributed by atoms with Crippen LogP contribution in [0, 0.1) is 0 Å². The lowest BCUT2D eigenvalue weighted by Gasteiger charge is -2.29. The molecule has 3 rings (SSSR count). The van der Waals surface area contributed by atoms with Gasteiger partial charge < -0.3 is 4.90 Å². The van der Waals surface area contributed by atoms with Crippen LogP contribution in [0.2, 0.25) is 4.34 Å². The van der Waals surface area contributed by atoms with Crippen LogP contribution in [-0.4, -0.2) is 45.1 Å². The van der Waals surface area contributed by atoms with Crippen molar-refractivity contribution < 1.29 is 0 Å². The molecule has 2 aromatic heterocycles. The first-order valence-corrected chi connectivity index (χ1v) is 7.49. The third kappa shape index (κ3) is 2.61. The second-order valence-electron chi connectivity index (χ2n) is 4.97. The Bertz CT molecular complexity index is 614. The molecule has 0 unspecified atom stereocenters. The lowest BCUT2D eigenvalue weighted by atomic mass is 10.1. The highest BCUT2D eigenvalue weighted by molar-refractivity contribution is 7.10. The SMILES string of the molecule is CN(C)c1ncnc2c1CN(Cc1nnsc1Cl)CC2. The van der Waals surface area contributed by atoms with Gasteiger partial charge >= 0.3 is 0 Å². The lowest BCUT2D eigenvalue weighted by molar-refractivity contribution is 0.240. The Kier molecular flexibility index (Phi) is 3.82. The van der Waals surface area contributed by atoms with Crippen LogP contribution >= 0.6 is 23.1 Å². The van der Waals surface area contributed by atoms with Crippen LogP contribution in [0.3, 0.4) is 0 Å². The first-order valence-electron chi connectivity index (χ1n) is 6.34. The van der Waals surface area contributed by atoms with Crippen molar-refractivity contribution in [3.63, 3.8) is 0 Å². The van der Waals surface area contributed by atoms with E-state index in [1.54, 1.807) is 6.33 Å². The molecule has 0 bridgehead atoms. The maximum absolute atomic E-state index is 6.07. The lowest BCUT2D eigenvalue weighted by Crippen LogP contribution is -2.32. The molecule has 0 aliphatic carbocycles. The number of nitrogens with zero attached hydrogens (tertiary/aromatic N) is 6. The zero-order chi connectivity index (χ0) is 14.1. The van der Waals surface area contributed by atoms with Gasteiger partial charge in [-0.1, -0.05) is 16.1 Å². The zero-order valence-electron chi connectivity index (χ0n) is 11.4. The molecule has 0 fully saturated rings. The fraction of sp³-hybridized carbons (Fsp3) is 0.500. The van der Waals surface area contributed by atoms with Crippen molar-refractivity contribution >= 4 is 29.0 Å². The summed E-state index contributed by atoms with van der Waals surface area (Å²) < 4.78 is 4.55. The monoisotopic (exact) mass is 310 g/mol. The topological polar surface area (TPSA) is 58.0 Å². The fourth-order valence-corrected chi connectivity index (χ4v) is 3.02. The number of fused-ring (bicyclic) bond motifs is 1. The molecule has 3 heterocycles. The highest BCUT2D eigenvalue weighted by Crippen LogP contribution is 2.26. The smallest absolute Gasteiger partial charge is 0.138 e. The van der Waals surface area contributed by atoms with Gasteiger partial charge in [0.2, 0.25) is 0 Å². The van der Waals surface area contributed by atoms with E-state index in [4.69, 9.17) is 11.6 Å². The molecular weight excluding hydrogens is 296 g/mol. The Balaban J connectivity index is 1.82. The minimum Gasteiger partial charge on any atom is -0.362 e. The van der Waals surface area contributed by atoms with Gasteiger partial charge in [-0.15, -0.1) is 5.10 Å². The van der Waals surface area contributed by atoms with Gasteiger partial charge in [-0.05, 0) is 0 Å². The summed E-state index contributed by atoms with van der Waals surface area (Å²) in [5, 5.41) is 4.08. The average molecular weight is 311 g/mol. The summed E-state index contributed by atoms with van der Waals surface area (Å²) in [5.41, 5.74) is 3.19. The molecule has 0 N–H and O–H groups in total. The molecule has 106 valence electrons. The van der Waals surface area contributed by atoms with Crippen LogP contribution in [0.5, 0.6) is 0 Å². The first kappa shape index (κ1) is 13.7. The number of hydrogen-bond acceptors (Lipinski definition) is 7. The van der Waals surface area contributed by atoms with E-state index in [9.17, 15) is 0 Å². The molecule has 0 aromatic carbocycles. The van der Waals surface area contributed by atoms with Crippen molar-refractivity contribution in [2.45, 2.75) is 19.5 Å². The molecule has 1 aliphatic rings. The first-order chi connectivity index (χ1) is 9.65. The van der Waals surface area contributed by atoms with E-state index in [2.05, 4.69) is 24.5 Å². The molecule has 0 spiro atoms. The van der Waals surface area contributed by atoms with Crippen molar-refractivity contribution in [1.82, 2.24) is 24.5 Å². The molecule has 20 heavy (non-hydrogen) atoms. The van der Waals surface area contributed by atoms with E-state index < -0.39 is 0 Å². The van der Waals surface area contributed by atoms with E-state index in [1.165, 1.54) is 17.1 Å². The highest BCUT2D eigenvalue weighted by atomic mass is 35.5. The minimum atomic E-state index is 0.674. The van der Waals surface area contributed by atoms with Gasteiger partial charge in [0.15, 0.2) is 0 Å². The summed E-state index contributed by atoms with van der Waals surface area (Å²) in [6, 6.07) is 0. The molecule has 0 amide bonds. The Morgan fingerprint density at radius 1 is 1.40 bits per heavy atom. The van der Waals surface area contributed by atoms with Crippen LogP contribution in [0.1, 0.15) is 17.0 Å². The van der Waals surface area contributed by atoms with E-state index >= 15 is 0 Å². The van der Waals surface area contributed by atoms with Gasteiger partial charge in [-0.2, -0.15) is 0 Å².